The van der Waals surface area contributed by atoms with E-state index in [1.807, 2.05) is 17.5 Å². The Labute approximate surface area is 112 Å². The van der Waals surface area contributed by atoms with Gasteiger partial charge in [-0.2, -0.15) is 0 Å². The maximum atomic E-state index is 12.0. The number of amides is 1. The fraction of sp³-hybridized carbons (Fsp3) is 0.250. The molecule has 6 nitrogen and oxygen atoms in total. The van der Waals surface area contributed by atoms with Crippen LogP contribution in [-0.4, -0.2) is 27.4 Å². The van der Waals surface area contributed by atoms with Crippen LogP contribution in [0.1, 0.15) is 4.88 Å². The molecule has 2 aromatic rings. The molecule has 100 valence electrons. The van der Waals surface area contributed by atoms with Crippen LogP contribution in [0.5, 0.6) is 0 Å². The van der Waals surface area contributed by atoms with Crippen LogP contribution in [0.3, 0.4) is 0 Å². The Hall–Kier alpha value is -2.15. The SMILES string of the molecule is CN(Cc1cccs1)C(=O)Cn1ccc(=O)[nH]c1=O. The van der Waals surface area contributed by atoms with Gasteiger partial charge in [-0.1, -0.05) is 6.07 Å². The molecule has 2 aromatic heterocycles. The highest BCUT2D eigenvalue weighted by atomic mass is 32.1. The fourth-order valence-corrected chi connectivity index (χ4v) is 2.32. The smallest absolute Gasteiger partial charge is 0.328 e. The van der Waals surface area contributed by atoms with E-state index in [2.05, 4.69) is 4.98 Å². The average molecular weight is 279 g/mol. The lowest BCUT2D eigenvalue weighted by molar-refractivity contribution is -0.131. The normalized spacial score (nSPS) is 10.4. The van der Waals surface area contributed by atoms with Crippen LogP contribution in [0.2, 0.25) is 0 Å². The molecule has 0 aliphatic carbocycles. The summed E-state index contributed by atoms with van der Waals surface area (Å²) in [7, 11) is 1.68. The minimum Gasteiger partial charge on any atom is -0.339 e. The van der Waals surface area contributed by atoms with E-state index in [1.54, 1.807) is 23.3 Å². The second kappa shape index (κ2) is 5.66. The molecule has 19 heavy (non-hydrogen) atoms. The van der Waals surface area contributed by atoms with Crippen molar-refractivity contribution in [3.8, 4) is 0 Å². The number of hydrogen-bond donors (Lipinski definition) is 1. The predicted molar refractivity (Wildman–Crippen MR) is 72.1 cm³/mol. The number of nitrogens with one attached hydrogen (secondary N) is 1. The van der Waals surface area contributed by atoms with Crippen molar-refractivity contribution in [1.29, 1.82) is 0 Å². The molecular weight excluding hydrogens is 266 g/mol. The summed E-state index contributed by atoms with van der Waals surface area (Å²) in [6, 6.07) is 5.08. The molecular formula is C12H13N3O3S. The van der Waals surface area contributed by atoms with E-state index in [0.717, 1.165) is 4.88 Å². The molecule has 0 saturated heterocycles. The largest absolute Gasteiger partial charge is 0.339 e. The van der Waals surface area contributed by atoms with Crippen molar-refractivity contribution in [3.05, 3.63) is 55.5 Å². The van der Waals surface area contributed by atoms with Gasteiger partial charge in [-0.05, 0) is 11.4 Å². The molecule has 2 heterocycles. The van der Waals surface area contributed by atoms with Crippen LogP contribution >= 0.6 is 11.3 Å². The van der Waals surface area contributed by atoms with Crippen LogP contribution in [0.25, 0.3) is 0 Å². The predicted octanol–water partition coefficient (Wildman–Crippen LogP) is 0.257. The van der Waals surface area contributed by atoms with E-state index in [9.17, 15) is 14.4 Å². The van der Waals surface area contributed by atoms with Gasteiger partial charge < -0.3 is 4.90 Å². The minimum absolute atomic E-state index is 0.0858. The molecule has 0 aliphatic rings. The standard InChI is InChI=1S/C12H13N3O3S/c1-14(7-9-3-2-6-19-9)11(17)8-15-5-4-10(16)13-12(15)18/h2-6H,7-8H2,1H3,(H,13,16,18). The molecule has 0 spiro atoms. The van der Waals surface area contributed by atoms with E-state index in [-0.39, 0.29) is 12.5 Å². The fourth-order valence-electron chi connectivity index (χ4n) is 1.56. The van der Waals surface area contributed by atoms with E-state index in [1.165, 1.54) is 16.8 Å². The quantitative estimate of drug-likeness (QED) is 0.872. The summed E-state index contributed by atoms with van der Waals surface area (Å²) in [5.41, 5.74) is -1.05. The van der Waals surface area contributed by atoms with E-state index in [0.29, 0.717) is 6.54 Å². The van der Waals surface area contributed by atoms with Crippen LogP contribution in [0, 0.1) is 0 Å². The van der Waals surface area contributed by atoms with Gasteiger partial charge in [-0.15, -0.1) is 11.3 Å². The third-order valence-electron chi connectivity index (χ3n) is 2.60. The zero-order chi connectivity index (χ0) is 13.8. The Morgan fingerprint density at radius 3 is 2.84 bits per heavy atom. The maximum absolute atomic E-state index is 12.0. The average Bonchev–Trinajstić information content (AvgIpc) is 2.85. The number of H-pyrrole nitrogens is 1. The van der Waals surface area contributed by atoms with Crippen molar-refractivity contribution in [2.24, 2.45) is 0 Å². The third-order valence-corrected chi connectivity index (χ3v) is 3.46. The van der Waals surface area contributed by atoms with Crippen LogP contribution in [0.15, 0.2) is 39.4 Å². The van der Waals surface area contributed by atoms with Crippen LogP contribution in [-0.2, 0) is 17.9 Å². The Morgan fingerprint density at radius 2 is 2.21 bits per heavy atom. The summed E-state index contributed by atoms with van der Waals surface area (Å²) in [6.45, 7) is 0.423. The molecule has 0 bridgehead atoms. The lowest BCUT2D eigenvalue weighted by atomic mass is 10.4. The molecule has 0 aliphatic heterocycles. The maximum Gasteiger partial charge on any atom is 0.328 e. The van der Waals surface area contributed by atoms with Crippen molar-refractivity contribution in [3.63, 3.8) is 0 Å². The van der Waals surface area contributed by atoms with E-state index in [4.69, 9.17) is 0 Å². The zero-order valence-corrected chi connectivity index (χ0v) is 11.1. The zero-order valence-electron chi connectivity index (χ0n) is 10.3. The Balaban J connectivity index is 2.04. The highest BCUT2D eigenvalue weighted by Gasteiger charge is 2.11. The Bertz CT molecular complexity index is 672. The van der Waals surface area contributed by atoms with Gasteiger partial charge >= 0.3 is 5.69 Å². The van der Waals surface area contributed by atoms with E-state index >= 15 is 0 Å². The number of hydrogen-bond acceptors (Lipinski definition) is 4. The van der Waals surface area contributed by atoms with Gasteiger partial charge in [-0.25, -0.2) is 4.79 Å². The Morgan fingerprint density at radius 1 is 1.42 bits per heavy atom. The molecule has 0 radical (unpaired) electrons. The van der Waals surface area contributed by atoms with E-state index < -0.39 is 11.2 Å². The highest BCUT2D eigenvalue weighted by molar-refractivity contribution is 7.09. The van der Waals surface area contributed by atoms with Gasteiger partial charge in [0.25, 0.3) is 5.56 Å². The number of nitrogens with zero attached hydrogens (tertiary/aromatic N) is 2. The molecule has 0 atom stereocenters. The van der Waals surface area contributed by atoms with Crippen molar-refractivity contribution in [2.75, 3.05) is 7.05 Å². The molecule has 7 heteroatoms. The second-order valence-corrected chi connectivity index (χ2v) is 5.10. The van der Waals surface area contributed by atoms with Gasteiger partial charge in [0.05, 0.1) is 6.54 Å². The number of carbonyl (C=O) groups excluding carboxylic acids is 1. The molecule has 0 unspecified atom stereocenters. The minimum atomic E-state index is -0.578. The van der Waals surface area contributed by atoms with Gasteiger partial charge in [0.15, 0.2) is 0 Å². The lowest BCUT2D eigenvalue weighted by Crippen LogP contribution is -2.36. The first kappa shape index (κ1) is 13.3. The van der Waals surface area contributed by atoms with Crippen molar-refractivity contribution < 1.29 is 4.79 Å². The Kier molecular flexibility index (Phi) is 3.96. The summed E-state index contributed by atoms with van der Waals surface area (Å²) in [4.78, 5) is 39.0. The summed E-state index contributed by atoms with van der Waals surface area (Å²) < 4.78 is 1.18. The first-order chi connectivity index (χ1) is 9.06. The summed E-state index contributed by atoms with van der Waals surface area (Å²) in [5, 5.41) is 1.94. The monoisotopic (exact) mass is 279 g/mol. The number of likely N-dealkylation sites (N-methyl/N-ethyl adjacent to an activating group) is 1. The summed E-state index contributed by atoms with van der Waals surface area (Å²) in [5.74, 6) is -0.192. The first-order valence-electron chi connectivity index (χ1n) is 5.62. The van der Waals surface area contributed by atoms with Crippen molar-refractivity contribution in [1.82, 2.24) is 14.5 Å². The van der Waals surface area contributed by atoms with Gasteiger partial charge in [-0.3, -0.25) is 19.1 Å². The number of thiophene rings is 1. The van der Waals surface area contributed by atoms with Crippen LogP contribution < -0.4 is 11.2 Å². The second-order valence-electron chi connectivity index (χ2n) is 4.07. The van der Waals surface area contributed by atoms with Crippen LogP contribution in [0.4, 0.5) is 0 Å². The number of rotatable bonds is 4. The topological polar surface area (TPSA) is 75.2 Å². The lowest BCUT2D eigenvalue weighted by Gasteiger charge is -2.16. The third kappa shape index (κ3) is 3.41. The molecule has 1 amide bonds. The summed E-state index contributed by atoms with van der Waals surface area (Å²) in [6.07, 6.45) is 1.32. The highest BCUT2D eigenvalue weighted by Crippen LogP contribution is 2.10. The van der Waals surface area contributed by atoms with Crippen molar-refractivity contribution >= 4 is 17.2 Å². The number of carbonyl (C=O) groups is 1. The molecule has 2 rings (SSSR count). The number of aromatic amines is 1. The first-order valence-corrected chi connectivity index (χ1v) is 6.50. The molecule has 0 aromatic carbocycles. The van der Waals surface area contributed by atoms with Gasteiger partial charge in [0.2, 0.25) is 5.91 Å². The number of aromatic nitrogens is 2. The molecule has 1 N–H and O–H groups in total. The molecule has 0 saturated carbocycles. The summed E-state index contributed by atoms with van der Waals surface area (Å²) >= 11 is 1.57. The van der Waals surface area contributed by atoms with Crippen molar-refractivity contribution in [2.45, 2.75) is 13.1 Å². The molecule has 0 fully saturated rings. The van der Waals surface area contributed by atoms with Gasteiger partial charge in [0, 0.05) is 24.2 Å². The van der Waals surface area contributed by atoms with Gasteiger partial charge in [0.1, 0.15) is 6.54 Å².